The Bertz CT molecular complexity index is 1800. The molecule has 0 saturated heterocycles. The Morgan fingerprint density at radius 1 is 0.957 bits per heavy atom. The maximum absolute atomic E-state index is 12.6. The number of ether oxygens (including phenoxy) is 4. The molecule has 0 unspecified atom stereocenters. The molecule has 0 bridgehead atoms. The second-order valence-electron chi connectivity index (χ2n) is 10.3. The largest absolute Gasteiger partial charge is 0.493 e. The number of benzene rings is 4. The summed E-state index contributed by atoms with van der Waals surface area (Å²) < 4.78 is 22.3. The van der Waals surface area contributed by atoms with Gasteiger partial charge in [0.15, 0.2) is 18.1 Å². The van der Waals surface area contributed by atoms with Gasteiger partial charge in [0.2, 0.25) is 0 Å². The molecule has 3 amide bonds. The van der Waals surface area contributed by atoms with E-state index < -0.39 is 23.9 Å². The normalized spacial score (nSPS) is 14.4. The van der Waals surface area contributed by atoms with Gasteiger partial charge in [-0.25, -0.2) is 15.0 Å². The number of carbonyl (C=O) groups excluding carboxylic acids is 3. The summed E-state index contributed by atoms with van der Waals surface area (Å²) in [6.45, 7) is 3.64. The number of esters is 1. The average molecular weight is 623 g/mol. The minimum absolute atomic E-state index is 0.187. The van der Waals surface area contributed by atoms with E-state index in [0.29, 0.717) is 35.1 Å². The molecule has 1 aliphatic heterocycles. The maximum Gasteiger partial charge on any atom is 0.338 e. The van der Waals surface area contributed by atoms with E-state index in [0.717, 1.165) is 16.5 Å². The SMILES string of the molecule is CCOC(=O)C1=C(C)NC(=O)N[C@H]1c1ccc(OCC(=O)N/N=C\c2ccc(OCc3cccc4ccccc34)cc2)c(OC)c1. The molecular formula is C35H34N4O7. The zero-order valence-corrected chi connectivity index (χ0v) is 25.7. The first-order valence-electron chi connectivity index (χ1n) is 14.6. The van der Waals surface area contributed by atoms with E-state index in [9.17, 15) is 14.4 Å². The minimum atomic E-state index is -0.766. The van der Waals surface area contributed by atoms with Crippen LogP contribution in [0.25, 0.3) is 10.8 Å². The lowest BCUT2D eigenvalue weighted by Gasteiger charge is -2.28. The number of nitrogens with zero attached hydrogens (tertiary/aromatic N) is 1. The molecule has 0 radical (unpaired) electrons. The molecule has 1 heterocycles. The van der Waals surface area contributed by atoms with Gasteiger partial charge in [-0.05, 0) is 77.7 Å². The third-order valence-corrected chi connectivity index (χ3v) is 7.20. The van der Waals surface area contributed by atoms with Gasteiger partial charge in [-0.3, -0.25) is 4.79 Å². The van der Waals surface area contributed by atoms with Crippen molar-refractivity contribution in [2.24, 2.45) is 5.10 Å². The molecule has 0 spiro atoms. The number of hydrazone groups is 1. The van der Waals surface area contributed by atoms with E-state index in [4.69, 9.17) is 18.9 Å². The van der Waals surface area contributed by atoms with E-state index in [2.05, 4.69) is 45.4 Å². The summed E-state index contributed by atoms with van der Waals surface area (Å²) in [6, 6.07) is 25.4. The Morgan fingerprint density at radius 3 is 2.52 bits per heavy atom. The van der Waals surface area contributed by atoms with E-state index >= 15 is 0 Å². The number of amides is 3. The predicted molar refractivity (Wildman–Crippen MR) is 173 cm³/mol. The van der Waals surface area contributed by atoms with Gasteiger partial charge in [0.05, 0.1) is 31.5 Å². The van der Waals surface area contributed by atoms with E-state index in [1.807, 2.05) is 42.5 Å². The lowest BCUT2D eigenvalue weighted by Crippen LogP contribution is -2.45. The molecule has 1 aliphatic rings. The second-order valence-corrected chi connectivity index (χ2v) is 10.3. The molecule has 0 aliphatic carbocycles. The van der Waals surface area contributed by atoms with E-state index in [1.165, 1.54) is 18.7 Å². The Kier molecular flexibility index (Phi) is 10.1. The predicted octanol–water partition coefficient (Wildman–Crippen LogP) is 5.15. The van der Waals surface area contributed by atoms with Crippen LogP contribution in [-0.2, 0) is 20.9 Å². The van der Waals surface area contributed by atoms with Crippen LogP contribution in [0.15, 0.2) is 101 Å². The van der Waals surface area contributed by atoms with Gasteiger partial charge in [0, 0.05) is 5.70 Å². The van der Waals surface area contributed by atoms with Gasteiger partial charge >= 0.3 is 12.0 Å². The van der Waals surface area contributed by atoms with Crippen molar-refractivity contribution in [3.8, 4) is 17.2 Å². The number of methoxy groups -OCH3 is 1. The number of nitrogens with one attached hydrogen (secondary N) is 3. The van der Waals surface area contributed by atoms with Crippen LogP contribution >= 0.6 is 0 Å². The highest BCUT2D eigenvalue weighted by Crippen LogP contribution is 2.34. The van der Waals surface area contributed by atoms with Gasteiger partial charge in [-0.15, -0.1) is 0 Å². The molecule has 4 aromatic carbocycles. The Hall–Kier alpha value is -5.84. The number of urea groups is 1. The molecule has 3 N–H and O–H groups in total. The van der Waals surface area contributed by atoms with E-state index in [-0.39, 0.29) is 18.8 Å². The van der Waals surface area contributed by atoms with Crippen LogP contribution in [0.1, 0.15) is 36.6 Å². The molecule has 1 atom stereocenters. The molecule has 11 nitrogen and oxygen atoms in total. The molecule has 0 saturated carbocycles. The number of hydrogen-bond acceptors (Lipinski definition) is 8. The first kappa shape index (κ1) is 31.6. The molecule has 236 valence electrons. The molecule has 0 aromatic heterocycles. The molecule has 5 rings (SSSR count). The lowest BCUT2D eigenvalue weighted by molar-refractivity contribution is -0.139. The first-order valence-corrected chi connectivity index (χ1v) is 14.6. The number of fused-ring (bicyclic) bond motifs is 1. The molecular weight excluding hydrogens is 588 g/mol. The number of allylic oxidation sites excluding steroid dienone is 1. The van der Waals surface area contributed by atoms with Crippen molar-refractivity contribution in [3.05, 3.63) is 113 Å². The summed E-state index contributed by atoms with van der Waals surface area (Å²) in [5, 5.41) is 11.7. The van der Waals surface area contributed by atoms with Crippen LogP contribution in [0.4, 0.5) is 4.79 Å². The third kappa shape index (κ3) is 7.62. The lowest BCUT2D eigenvalue weighted by atomic mass is 9.95. The van der Waals surface area contributed by atoms with Crippen molar-refractivity contribution >= 4 is 34.9 Å². The van der Waals surface area contributed by atoms with Crippen molar-refractivity contribution < 1.29 is 33.3 Å². The van der Waals surface area contributed by atoms with Gasteiger partial charge in [0.25, 0.3) is 5.91 Å². The Labute approximate surface area is 266 Å². The number of rotatable bonds is 12. The summed E-state index contributed by atoms with van der Waals surface area (Å²) in [7, 11) is 1.45. The van der Waals surface area contributed by atoms with Crippen LogP contribution in [0.5, 0.6) is 17.2 Å². The van der Waals surface area contributed by atoms with Crippen LogP contribution < -0.4 is 30.3 Å². The van der Waals surface area contributed by atoms with Gasteiger partial charge in [-0.1, -0.05) is 48.5 Å². The van der Waals surface area contributed by atoms with Crippen molar-refractivity contribution in [3.63, 3.8) is 0 Å². The van der Waals surface area contributed by atoms with Crippen LogP contribution in [0.3, 0.4) is 0 Å². The zero-order valence-electron chi connectivity index (χ0n) is 25.7. The highest BCUT2D eigenvalue weighted by atomic mass is 16.5. The standard InChI is InChI=1S/C35H34N4O7/c1-4-44-34(41)32-22(2)37-35(42)38-33(32)25-14-17-29(30(18-25)43-3)46-21-31(40)39-36-19-23-12-15-27(16-13-23)45-20-26-10-7-9-24-8-5-6-11-28(24)26/h5-19,33H,4,20-21H2,1-3H3,(H,39,40)(H2,37,38,42)/b36-19-/t33-/m0/s1. The smallest absolute Gasteiger partial charge is 0.338 e. The molecule has 4 aromatic rings. The van der Waals surface area contributed by atoms with Gasteiger partial charge in [-0.2, -0.15) is 5.10 Å². The van der Waals surface area contributed by atoms with Gasteiger partial charge in [0.1, 0.15) is 12.4 Å². The second kappa shape index (κ2) is 14.8. The fourth-order valence-electron chi connectivity index (χ4n) is 4.99. The Balaban J connectivity index is 1.14. The third-order valence-electron chi connectivity index (χ3n) is 7.20. The topological polar surface area (TPSA) is 137 Å². The molecule has 46 heavy (non-hydrogen) atoms. The fourth-order valence-corrected chi connectivity index (χ4v) is 4.99. The summed E-state index contributed by atoms with van der Waals surface area (Å²) in [6.07, 6.45) is 1.52. The monoisotopic (exact) mass is 622 g/mol. The fraction of sp³-hybridized carbons (Fsp3) is 0.200. The van der Waals surface area contributed by atoms with Crippen molar-refractivity contribution in [2.75, 3.05) is 20.3 Å². The summed E-state index contributed by atoms with van der Waals surface area (Å²) in [4.78, 5) is 37.2. The van der Waals surface area contributed by atoms with E-state index in [1.54, 1.807) is 32.0 Å². The van der Waals surface area contributed by atoms with Crippen LogP contribution in [0.2, 0.25) is 0 Å². The summed E-state index contributed by atoms with van der Waals surface area (Å²) in [5.41, 5.74) is 5.56. The highest BCUT2D eigenvalue weighted by molar-refractivity contribution is 5.95. The maximum atomic E-state index is 12.6. The zero-order chi connectivity index (χ0) is 32.5. The first-order chi connectivity index (χ1) is 22.4. The van der Waals surface area contributed by atoms with Gasteiger partial charge < -0.3 is 29.6 Å². The number of carbonyl (C=O) groups is 3. The molecule has 11 heteroatoms. The van der Waals surface area contributed by atoms with Crippen molar-refractivity contribution in [1.29, 1.82) is 0 Å². The van der Waals surface area contributed by atoms with Crippen LogP contribution in [0, 0.1) is 0 Å². The quantitative estimate of drug-likeness (QED) is 0.113. The average Bonchev–Trinajstić information content (AvgIpc) is 3.06. The summed E-state index contributed by atoms with van der Waals surface area (Å²) >= 11 is 0. The number of hydrogen-bond donors (Lipinski definition) is 3. The highest BCUT2D eigenvalue weighted by Gasteiger charge is 2.32. The van der Waals surface area contributed by atoms with Crippen molar-refractivity contribution in [2.45, 2.75) is 26.5 Å². The summed E-state index contributed by atoms with van der Waals surface area (Å²) in [5.74, 6) is 0.294. The minimum Gasteiger partial charge on any atom is -0.493 e. The van der Waals surface area contributed by atoms with Crippen LogP contribution in [-0.4, -0.2) is 44.4 Å². The Morgan fingerprint density at radius 2 is 1.74 bits per heavy atom. The molecule has 0 fully saturated rings. The van der Waals surface area contributed by atoms with Crippen molar-refractivity contribution in [1.82, 2.24) is 16.1 Å².